The Morgan fingerprint density at radius 2 is 2.09 bits per heavy atom. The minimum absolute atomic E-state index is 0.0738. The van der Waals surface area contributed by atoms with Gasteiger partial charge in [0.05, 0.1) is 16.6 Å². The first-order valence-corrected chi connectivity index (χ1v) is 7.66. The molecule has 6 heteroatoms. The molecular formula is C16H17Cl2N3O. The highest BCUT2D eigenvalue weighted by atomic mass is 35.5. The number of amides is 1. The Labute approximate surface area is 139 Å². The highest BCUT2D eigenvalue weighted by Crippen LogP contribution is 2.29. The van der Waals surface area contributed by atoms with Crippen LogP contribution in [0.3, 0.4) is 0 Å². The molecule has 1 atom stereocenters. The van der Waals surface area contributed by atoms with Crippen molar-refractivity contribution in [3.8, 4) is 0 Å². The maximum atomic E-state index is 11.9. The van der Waals surface area contributed by atoms with E-state index in [1.54, 1.807) is 18.5 Å². The molecule has 0 unspecified atom stereocenters. The molecule has 2 rings (SSSR count). The molecule has 0 saturated carbocycles. The lowest BCUT2D eigenvalue weighted by Gasteiger charge is -2.16. The lowest BCUT2D eigenvalue weighted by molar-refractivity contribution is -0.120. The molecule has 0 spiro atoms. The van der Waals surface area contributed by atoms with Crippen LogP contribution in [0.5, 0.6) is 0 Å². The summed E-state index contributed by atoms with van der Waals surface area (Å²) in [7, 11) is 0. The van der Waals surface area contributed by atoms with Crippen LogP contribution in [-0.2, 0) is 11.3 Å². The Morgan fingerprint density at radius 3 is 2.82 bits per heavy atom. The zero-order valence-electron chi connectivity index (χ0n) is 12.1. The first-order chi connectivity index (χ1) is 10.6. The lowest BCUT2D eigenvalue weighted by Crippen LogP contribution is -2.34. The van der Waals surface area contributed by atoms with Gasteiger partial charge < -0.3 is 10.6 Å². The van der Waals surface area contributed by atoms with Crippen LogP contribution in [0.2, 0.25) is 10.0 Å². The minimum atomic E-state index is -0.0890. The predicted octanol–water partition coefficient (Wildman–Crippen LogP) is 3.36. The van der Waals surface area contributed by atoms with Crippen LogP contribution in [0.15, 0.2) is 42.7 Å². The zero-order chi connectivity index (χ0) is 15.9. The molecule has 1 aromatic heterocycles. The van der Waals surface area contributed by atoms with E-state index in [0.29, 0.717) is 16.6 Å². The van der Waals surface area contributed by atoms with Crippen LogP contribution < -0.4 is 10.6 Å². The smallest absolute Gasteiger partial charge is 0.234 e. The fraction of sp³-hybridized carbons (Fsp3) is 0.250. The highest BCUT2D eigenvalue weighted by molar-refractivity contribution is 6.42. The van der Waals surface area contributed by atoms with Gasteiger partial charge in [0, 0.05) is 25.0 Å². The van der Waals surface area contributed by atoms with E-state index in [1.165, 1.54) is 0 Å². The lowest BCUT2D eigenvalue weighted by atomic mass is 10.1. The third-order valence-electron chi connectivity index (χ3n) is 3.23. The number of hydrogen-bond donors (Lipinski definition) is 2. The third kappa shape index (κ3) is 4.70. The van der Waals surface area contributed by atoms with Gasteiger partial charge in [-0.1, -0.05) is 41.4 Å². The normalized spacial score (nSPS) is 12.0. The van der Waals surface area contributed by atoms with Crippen LogP contribution >= 0.6 is 23.2 Å². The van der Waals surface area contributed by atoms with Crippen molar-refractivity contribution in [1.82, 2.24) is 15.6 Å². The van der Waals surface area contributed by atoms with Crippen molar-refractivity contribution >= 4 is 29.1 Å². The molecule has 1 heterocycles. The van der Waals surface area contributed by atoms with Gasteiger partial charge in [0.15, 0.2) is 0 Å². The summed E-state index contributed by atoms with van der Waals surface area (Å²) in [4.78, 5) is 15.9. The Kier molecular flexibility index (Phi) is 6.19. The predicted molar refractivity (Wildman–Crippen MR) is 89.0 cm³/mol. The van der Waals surface area contributed by atoms with E-state index in [1.807, 2.05) is 31.2 Å². The number of benzene rings is 1. The van der Waals surface area contributed by atoms with Crippen LogP contribution in [-0.4, -0.2) is 17.4 Å². The largest absolute Gasteiger partial charge is 0.351 e. The van der Waals surface area contributed by atoms with E-state index in [0.717, 1.165) is 11.1 Å². The Bertz CT molecular complexity index is 635. The SMILES string of the molecule is C[C@@H](NCC(=O)NCc1cccnc1)c1cccc(Cl)c1Cl. The van der Waals surface area contributed by atoms with Gasteiger partial charge in [0.1, 0.15) is 0 Å². The van der Waals surface area contributed by atoms with Gasteiger partial charge >= 0.3 is 0 Å². The zero-order valence-corrected chi connectivity index (χ0v) is 13.7. The number of aromatic nitrogens is 1. The number of pyridine rings is 1. The van der Waals surface area contributed by atoms with E-state index in [4.69, 9.17) is 23.2 Å². The van der Waals surface area contributed by atoms with Gasteiger partial charge in [-0.2, -0.15) is 0 Å². The topological polar surface area (TPSA) is 54.0 Å². The van der Waals surface area contributed by atoms with Gasteiger partial charge in [0.25, 0.3) is 0 Å². The summed E-state index contributed by atoms with van der Waals surface area (Å²) in [6.07, 6.45) is 3.42. The average Bonchev–Trinajstić information content (AvgIpc) is 2.54. The van der Waals surface area contributed by atoms with Gasteiger partial charge in [0.2, 0.25) is 5.91 Å². The Balaban J connectivity index is 1.82. The van der Waals surface area contributed by atoms with Gasteiger partial charge in [-0.15, -0.1) is 0 Å². The molecule has 22 heavy (non-hydrogen) atoms. The standard InChI is InChI=1S/C16H17Cl2N3O/c1-11(13-5-2-6-14(17)16(13)18)20-10-15(22)21-9-12-4-3-7-19-8-12/h2-8,11,20H,9-10H2,1H3,(H,21,22)/t11-/m1/s1. The molecule has 116 valence electrons. The fourth-order valence-corrected chi connectivity index (χ4v) is 2.45. The summed E-state index contributed by atoms with van der Waals surface area (Å²) in [5, 5.41) is 6.99. The molecule has 0 aliphatic carbocycles. The van der Waals surface area contributed by atoms with Crippen molar-refractivity contribution < 1.29 is 4.79 Å². The third-order valence-corrected chi connectivity index (χ3v) is 4.06. The number of carbonyl (C=O) groups is 1. The number of rotatable bonds is 6. The van der Waals surface area contributed by atoms with Crippen molar-refractivity contribution in [3.63, 3.8) is 0 Å². The number of nitrogens with zero attached hydrogens (tertiary/aromatic N) is 1. The molecule has 0 fully saturated rings. The molecule has 0 aliphatic rings. The molecule has 0 radical (unpaired) electrons. The van der Waals surface area contributed by atoms with Gasteiger partial charge in [-0.25, -0.2) is 0 Å². The quantitative estimate of drug-likeness (QED) is 0.849. The maximum Gasteiger partial charge on any atom is 0.234 e. The summed E-state index contributed by atoms with van der Waals surface area (Å²) in [5.41, 5.74) is 1.83. The van der Waals surface area contributed by atoms with Gasteiger partial charge in [-0.05, 0) is 30.2 Å². The highest BCUT2D eigenvalue weighted by Gasteiger charge is 2.12. The van der Waals surface area contributed by atoms with Crippen molar-refractivity contribution in [3.05, 3.63) is 63.9 Å². The number of hydrogen-bond acceptors (Lipinski definition) is 3. The molecule has 4 nitrogen and oxygen atoms in total. The van der Waals surface area contributed by atoms with E-state index >= 15 is 0 Å². The molecular weight excluding hydrogens is 321 g/mol. The molecule has 2 aromatic rings. The first kappa shape index (κ1) is 16.7. The monoisotopic (exact) mass is 337 g/mol. The fourth-order valence-electron chi connectivity index (χ4n) is 1.98. The van der Waals surface area contributed by atoms with E-state index < -0.39 is 0 Å². The second-order valence-electron chi connectivity index (χ2n) is 4.88. The molecule has 1 amide bonds. The molecule has 2 N–H and O–H groups in total. The Morgan fingerprint density at radius 1 is 1.27 bits per heavy atom. The van der Waals surface area contributed by atoms with Crippen LogP contribution in [0, 0.1) is 0 Å². The summed E-state index contributed by atoms with van der Waals surface area (Å²) in [6.45, 7) is 2.59. The van der Waals surface area contributed by atoms with Gasteiger partial charge in [-0.3, -0.25) is 9.78 Å². The van der Waals surface area contributed by atoms with Crippen LogP contribution in [0.1, 0.15) is 24.1 Å². The maximum absolute atomic E-state index is 11.9. The minimum Gasteiger partial charge on any atom is -0.351 e. The van der Waals surface area contributed by atoms with Crippen molar-refractivity contribution in [2.75, 3.05) is 6.54 Å². The molecule has 0 aliphatic heterocycles. The van der Waals surface area contributed by atoms with Crippen molar-refractivity contribution in [2.45, 2.75) is 19.5 Å². The number of halogens is 2. The molecule has 1 aromatic carbocycles. The van der Waals surface area contributed by atoms with E-state index in [-0.39, 0.29) is 18.5 Å². The van der Waals surface area contributed by atoms with Crippen molar-refractivity contribution in [1.29, 1.82) is 0 Å². The van der Waals surface area contributed by atoms with Crippen LogP contribution in [0.4, 0.5) is 0 Å². The average molecular weight is 338 g/mol. The first-order valence-electron chi connectivity index (χ1n) is 6.91. The second kappa shape index (κ2) is 8.13. The van der Waals surface area contributed by atoms with E-state index in [2.05, 4.69) is 15.6 Å². The van der Waals surface area contributed by atoms with Crippen LogP contribution in [0.25, 0.3) is 0 Å². The number of carbonyl (C=O) groups excluding carboxylic acids is 1. The summed E-state index contributed by atoms with van der Waals surface area (Å²) < 4.78 is 0. The van der Waals surface area contributed by atoms with E-state index in [9.17, 15) is 4.79 Å². The molecule has 0 bridgehead atoms. The summed E-state index contributed by atoms with van der Waals surface area (Å²) in [6, 6.07) is 9.14. The Hall–Kier alpha value is -1.62. The number of nitrogens with one attached hydrogen (secondary N) is 2. The summed E-state index contributed by atoms with van der Waals surface area (Å²) >= 11 is 12.2. The molecule has 0 saturated heterocycles. The second-order valence-corrected chi connectivity index (χ2v) is 5.67. The van der Waals surface area contributed by atoms with Crippen molar-refractivity contribution in [2.24, 2.45) is 0 Å². The summed E-state index contributed by atoms with van der Waals surface area (Å²) in [5.74, 6) is -0.0890.